The molecule has 3 rings (SSSR count). The Morgan fingerprint density at radius 2 is 2.05 bits per heavy atom. The molecule has 0 bridgehead atoms. The van der Waals surface area contributed by atoms with Crippen molar-refractivity contribution in [3.63, 3.8) is 0 Å². The zero-order chi connectivity index (χ0) is 14.7. The van der Waals surface area contributed by atoms with Crippen LogP contribution >= 0.6 is 11.6 Å². The Hall–Kier alpha value is -1.95. The Morgan fingerprint density at radius 1 is 1.24 bits per heavy atom. The first kappa shape index (κ1) is 14.0. The summed E-state index contributed by atoms with van der Waals surface area (Å²) >= 11 is 6.00. The van der Waals surface area contributed by atoms with E-state index in [9.17, 15) is 0 Å². The lowest BCUT2D eigenvalue weighted by molar-refractivity contribution is 0.873. The van der Waals surface area contributed by atoms with Crippen molar-refractivity contribution in [1.82, 2.24) is 19.9 Å². The minimum Gasteiger partial charge on any atom is -0.348 e. The van der Waals surface area contributed by atoms with Gasteiger partial charge in [-0.1, -0.05) is 6.07 Å². The summed E-state index contributed by atoms with van der Waals surface area (Å²) in [6.07, 6.45) is 4.11. The molecule has 0 radical (unpaired) electrons. The van der Waals surface area contributed by atoms with Crippen LogP contribution in [-0.2, 0) is 6.54 Å². The Labute approximate surface area is 128 Å². The van der Waals surface area contributed by atoms with Gasteiger partial charge in [-0.25, -0.2) is 0 Å². The van der Waals surface area contributed by atoms with Gasteiger partial charge in [-0.3, -0.25) is 4.98 Å². The van der Waals surface area contributed by atoms with E-state index in [1.807, 2.05) is 19.1 Å². The summed E-state index contributed by atoms with van der Waals surface area (Å²) in [5.41, 5.74) is 2.10. The summed E-state index contributed by atoms with van der Waals surface area (Å²) < 4.78 is 0. The lowest BCUT2D eigenvalue weighted by Gasteiger charge is -2.15. The molecule has 2 aromatic heterocycles. The first-order valence-electron chi connectivity index (χ1n) is 7.03. The van der Waals surface area contributed by atoms with Crippen molar-refractivity contribution >= 4 is 23.5 Å². The van der Waals surface area contributed by atoms with Gasteiger partial charge in [-0.05, 0) is 43.0 Å². The molecule has 0 amide bonds. The molecule has 0 aliphatic carbocycles. The molecule has 1 fully saturated rings. The van der Waals surface area contributed by atoms with Crippen molar-refractivity contribution in [1.29, 1.82) is 0 Å². The molecule has 1 saturated heterocycles. The van der Waals surface area contributed by atoms with Crippen LogP contribution in [-0.4, -0.2) is 33.0 Å². The molecular formula is C14H17ClN6. The van der Waals surface area contributed by atoms with Crippen molar-refractivity contribution in [3.05, 3.63) is 34.9 Å². The highest BCUT2D eigenvalue weighted by Gasteiger charge is 2.17. The molecule has 6 nitrogen and oxygen atoms in total. The predicted octanol–water partition coefficient (Wildman–Crippen LogP) is 2.44. The molecule has 21 heavy (non-hydrogen) atoms. The van der Waals surface area contributed by atoms with Crippen molar-refractivity contribution in [2.75, 3.05) is 23.3 Å². The summed E-state index contributed by atoms with van der Waals surface area (Å²) in [5, 5.41) is 3.39. The number of hydrogen-bond donors (Lipinski definition) is 1. The smallest absolute Gasteiger partial charge is 0.231 e. The van der Waals surface area contributed by atoms with E-state index >= 15 is 0 Å². The van der Waals surface area contributed by atoms with Crippen LogP contribution in [0.1, 0.15) is 24.1 Å². The molecule has 2 aromatic rings. The van der Waals surface area contributed by atoms with Crippen molar-refractivity contribution < 1.29 is 0 Å². The maximum Gasteiger partial charge on any atom is 0.231 e. The lowest BCUT2D eigenvalue weighted by atomic mass is 10.2. The van der Waals surface area contributed by atoms with Crippen LogP contribution in [0.25, 0.3) is 0 Å². The second-order valence-corrected chi connectivity index (χ2v) is 5.38. The molecule has 3 heterocycles. The van der Waals surface area contributed by atoms with E-state index in [1.165, 1.54) is 12.8 Å². The number of nitrogens with zero attached hydrogens (tertiary/aromatic N) is 5. The first-order chi connectivity index (χ1) is 10.2. The number of pyridine rings is 1. The van der Waals surface area contributed by atoms with Gasteiger partial charge in [0.05, 0.1) is 12.2 Å². The van der Waals surface area contributed by atoms with Crippen LogP contribution in [0.2, 0.25) is 5.28 Å². The molecule has 0 unspecified atom stereocenters. The van der Waals surface area contributed by atoms with Gasteiger partial charge in [-0.15, -0.1) is 0 Å². The van der Waals surface area contributed by atoms with Crippen molar-refractivity contribution in [2.45, 2.75) is 26.3 Å². The van der Waals surface area contributed by atoms with Gasteiger partial charge in [0.2, 0.25) is 17.2 Å². The molecule has 0 spiro atoms. The fourth-order valence-corrected chi connectivity index (χ4v) is 2.50. The summed E-state index contributed by atoms with van der Waals surface area (Å²) in [7, 11) is 0. The average Bonchev–Trinajstić information content (AvgIpc) is 3.00. The summed E-state index contributed by atoms with van der Waals surface area (Å²) in [6, 6.07) is 3.95. The van der Waals surface area contributed by atoms with Gasteiger partial charge in [0.1, 0.15) is 0 Å². The Kier molecular flexibility index (Phi) is 4.15. The average molecular weight is 305 g/mol. The molecule has 1 N–H and O–H groups in total. The lowest BCUT2D eigenvalue weighted by Crippen LogP contribution is -2.21. The first-order valence-corrected chi connectivity index (χ1v) is 7.41. The summed E-state index contributed by atoms with van der Waals surface area (Å²) in [4.78, 5) is 19.2. The molecule has 1 aliphatic rings. The Balaban J connectivity index is 1.74. The van der Waals surface area contributed by atoms with Gasteiger partial charge in [0, 0.05) is 19.3 Å². The van der Waals surface area contributed by atoms with Crippen LogP contribution < -0.4 is 10.2 Å². The summed E-state index contributed by atoms with van der Waals surface area (Å²) in [5.74, 6) is 1.13. The van der Waals surface area contributed by atoms with E-state index in [4.69, 9.17) is 11.6 Å². The fraction of sp³-hybridized carbons (Fsp3) is 0.429. The number of anilines is 2. The van der Waals surface area contributed by atoms with Crippen molar-refractivity contribution in [3.8, 4) is 0 Å². The number of rotatable bonds is 4. The molecular weight excluding hydrogens is 288 g/mol. The minimum absolute atomic E-state index is 0.215. The summed E-state index contributed by atoms with van der Waals surface area (Å²) in [6.45, 7) is 4.53. The number of halogens is 1. The highest BCUT2D eigenvalue weighted by Crippen LogP contribution is 2.18. The van der Waals surface area contributed by atoms with Crippen LogP contribution in [0.3, 0.4) is 0 Å². The number of nitrogens with one attached hydrogen (secondary N) is 1. The highest BCUT2D eigenvalue weighted by atomic mass is 35.5. The second-order valence-electron chi connectivity index (χ2n) is 5.04. The van der Waals surface area contributed by atoms with Gasteiger partial charge in [-0.2, -0.15) is 15.0 Å². The quantitative estimate of drug-likeness (QED) is 0.936. The maximum atomic E-state index is 6.00. The number of hydrogen-bond acceptors (Lipinski definition) is 6. The van der Waals surface area contributed by atoms with Gasteiger partial charge < -0.3 is 10.2 Å². The molecule has 1 aliphatic heterocycles. The highest BCUT2D eigenvalue weighted by molar-refractivity contribution is 6.28. The normalized spacial score (nSPS) is 14.5. The fourth-order valence-electron chi connectivity index (χ4n) is 2.34. The predicted molar refractivity (Wildman–Crippen MR) is 82.6 cm³/mol. The van der Waals surface area contributed by atoms with Crippen LogP contribution in [0.15, 0.2) is 18.3 Å². The molecule has 7 heteroatoms. The zero-order valence-corrected chi connectivity index (χ0v) is 12.6. The Morgan fingerprint density at radius 3 is 2.81 bits per heavy atom. The second kappa shape index (κ2) is 6.22. The molecule has 0 saturated carbocycles. The third kappa shape index (κ3) is 3.39. The van der Waals surface area contributed by atoms with Crippen molar-refractivity contribution in [2.24, 2.45) is 0 Å². The van der Waals surface area contributed by atoms with Crippen LogP contribution in [0, 0.1) is 6.92 Å². The largest absolute Gasteiger partial charge is 0.348 e. The number of aromatic nitrogens is 4. The van der Waals surface area contributed by atoms with E-state index in [0.717, 1.165) is 24.3 Å². The SMILES string of the molecule is Cc1cccnc1CNc1nc(Cl)nc(N2CCCC2)n1. The van der Waals surface area contributed by atoms with Gasteiger partial charge in [0.15, 0.2) is 0 Å². The molecule has 0 atom stereocenters. The zero-order valence-electron chi connectivity index (χ0n) is 11.9. The van der Waals surface area contributed by atoms with Gasteiger partial charge >= 0.3 is 0 Å². The van der Waals surface area contributed by atoms with Gasteiger partial charge in [0.25, 0.3) is 0 Å². The topological polar surface area (TPSA) is 66.8 Å². The molecule has 0 aromatic carbocycles. The van der Waals surface area contributed by atoms with E-state index in [0.29, 0.717) is 18.4 Å². The minimum atomic E-state index is 0.215. The third-order valence-corrected chi connectivity index (χ3v) is 3.69. The van der Waals surface area contributed by atoms with E-state index in [1.54, 1.807) is 6.20 Å². The molecule has 110 valence electrons. The number of aryl methyl sites for hydroxylation is 1. The monoisotopic (exact) mass is 304 g/mol. The van der Waals surface area contributed by atoms with Crippen LogP contribution in [0.5, 0.6) is 0 Å². The van der Waals surface area contributed by atoms with E-state index in [2.05, 4.69) is 30.2 Å². The maximum absolute atomic E-state index is 6.00. The van der Waals surface area contributed by atoms with Crippen LogP contribution in [0.4, 0.5) is 11.9 Å². The van der Waals surface area contributed by atoms with E-state index in [-0.39, 0.29) is 5.28 Å². The van der Waals surface area contributed by atoms with E-state index < -0.39 is 0 Å². The standard InChI is InChI=1S/C14H17ClN6/c1-10-5-4-6-16-11(10)9-17-13-18-12(15)19-14(20-13)21-7-2-3-8-21/h4-6H,2-3,7-9H2,1H3,(H,17,18,19,20). The third-order valence-electron chi connectivity index (χ3n) is 3.52. The Bertz CT molecular complexity index is 627.